The highest BCUT2D eigenvalue weighted by Gasteiger charge is 2.36. The number of nitrogens with zero attached hydrogens (tertiary/aromatic N) is 1. The van der Waals surface area contributed by atoms with Gasteiger partial charge in [-0.25, -0.2) is 9.59 Å². The predicted molar refractivity (Wildman–Crippen MR) is 80.2 cm³/mol. The topological polar surface area (TPSA) is 69.6 Å². The third-order valence-electron chi connectivity index (χ3n) is 3.84. The molecular weight excluding hydrogens is 292 g/mol. The van der Waals surface area contributed by atoms with E-state index in [-0.39, 0.29) is 18.5 Å². The molecule has 21 heavy (non-hydrogen) atoms. The van der Waals surface area contributed by atoms with Gasteiger partial charge in [0.2, 0.25) is 0 Å². The molecule has 1 heterocycles. The summed E-state index contributed by atoms with van der Waals surface area (Å²) >= 11 is 6.04. The van der Waals surface area contributed by atoms with E-state index in [4.69, 9.17) is 11.6 Å². The van der Waals surface area contributed by atoms with E-state index < -0.39 is 12.0 Å². The number of carbonyl (C=O) groups is 2. The number of benzene rings is 1. The molecule has 0 spiro atoms. The number of likely N-dealkylation sites (tertiary alicyclic amines) is 1. The van der Waals surface area contributed by atoms with Gasteiger partial charge in [0, 0.05) is 18.1 Å². The van der Waals surface area contributed by atoms with Gasteiger partial charge in [-0.2, -0.15) is 0 Å². The number of amides is 2. The Morgan fingerprint density at radius 3 is 2.81 bits per heavy atom. The van der Waals surface area contributed by atoms with Gasteiger partial charge in [0.05, 0.1) is 0 Å². The van der Waals surface area contributed by atoms with Gasteiger partial charge in [0.25, 0.3) is 0 Å². The SMILES string of the molecule is CC1CCCN(C(=O)NCc2ccccc2Cl)C1C(=O)O. The Bertz CT molecular complexity index is 535. The molecule has 0 aromatic heterocycles. The van der Waals surface area contributed by atoms with E-state index >= 15 is 0 Å². The van der Waals surface area contributed by atoms with Gasteiger partial charge in [-0.05, 0) is 30.4 Å². The number of carboxylic acid groups (broad SMARTS) is 1. The van der Waals surface area contributed by atoms with Crippen LogP contribution in [-0.4, -0.2) is 34.6 Å². The number of hydrogen-bond donors (Lipinski definition) is 2. The number of rotatable bonds is 3. The van der Waals surface area contributed by atoms with Gasteiger partial charge in [-0.15, -0.1) is 0 Å². The van der Waals surface area contributed by atoms with E-state index in [1.54, 1.807) is 6.07 Å². The lowest BCUT2D eigenvalue weighted by atomic mass is 9.91. The molecule has 2 rings (SSSR count). The van der Waals surface area contributed by atoms with Crippen LogP contribution in [0.1, 0.15) is 25.3 Å². The molecule has 0 radical (unpaired) electrons. The Balaban J connectivity index is 2.02. The Morgan fingerprint density at radius 1 is 1.43 bits per heavy atom. The number of halogens is 1. The summed E-state index contributed by atoms with van der Waals surface area (Å²) in [5.74, 6) is -0.989. The average molecular weight is 311 g/mol. The fourth-order valence-electron chi connectivity index (χ4n) is 2.71. The van der Waals surface area contributed by atoms with Crippen molar-refractivity contribution in [1.29, 1.82) is 0 Å². The van der Waals surface area contributed by atoms with Gasteiger partial charge < -0.3 is 15.3 Å². The largest absolute Gasteiger partial charge is 0.480 e. The molecule has 2 atom stereocenters. The normalized spacial score (nSPS) is 21.9. The van der Waals surface area contributed by atoms with Crippen molar-refractivity contribution in [2.45, 2.75) is 32.4 Å². The molecule has 114 valence electrons. The first-order chi connectivity index (χ1) is 10.0. The van der Waals surface area contributed by atoms with Crippen LogP contribution in [0.25, 0.3) is 0 Å². The molecule has 5 nitrogen and oxygen atoms in total. The summed E-state index contributed by atoms with van der Waals surface area (Å²) < 4.78 is 0. The van der Waals surface area contributed by atoms with Crippen LogP contribution >= 0.6 is 11.6 Å². The van der Waals surface area contributed by atoms with Crippen molar-refractivity contribution < 1.29 is 14.7 Å². The van der Waals surface area contributed by atoms with Gasteiger partial charge in [-0.1, -0.05) is 36.7 Å². The van der Waals surface area contributed by atoms with Crippen molar-refractivity contribution in [3.8, 4) is 0 Å². The maximum Gasteiger partial charge on any atom is 0.326 e. The first-order valence-electron chi connectivity index (χ1n) is 7.01. The summed E-state index contributed by atoms with van der Waals surface area (Å²) in [7, 11) is 0. The highest BCUT2D eigenvalue weighted by molar-refractivity contribution is 6.31. The number of hydrogen-bond acceptors (Lipinski definition) is 2. The van der Waals surface area contributed by atoms with Gasteiger partial charge in [0.15, 0.2) is 0 Å². The van der Waals surface area contributed by atoms with Crippen LogP contribution in [0.3, 0.4) is 0 Å². The van der Waals surface area contributed by atoms with Crippen LogP contribution in [0.4, 0.5) is 4.79 Å². The lowest BCUT2D eigenvalue weighted by Crippen LogP contribution is -2.54. The summed E-state index contributed by atoms with van der Waals surface area (Å²) in [6.07, 6.45) is 1.65. The second-order valence-electron chi connectivity index (χ2n) is 5.35. The third kappa shape index (κ3) is 3.67. The van der Waals surface area contributed by atoms with E-state index in [0.717, 1.165) is 18.4 Å². The minimum absolute atomic E-state index is 0.0395. The van der Waals surface area contributed by atoms with Crippen LogP contribution in [0.5, 0.6) is 0 Å². The van der Waals surface area contributed by atoms with Crippen molar-refractivity contribution >= 4 is 23.6 Å². The fraction of sp³-hybridized carbons (Fsp3) is 0.467. The molecule has 6 heteroatoms. The molecule has 2 N–H and O–H groups in total. The first kappa shape index (κ1) is 15.6. The van der Waals surface area contributed by atoms with Crippen molar-refractivity contribution in [3.63, 3.8) is 0 Å². The van der Waals surface area contributed by atoms with Crippen molar-refractivity contribution in [2.75, 3.05) is 6.54 Å². The summed E-state index contributed by atoms with van der Waals surface area (Å²) in [4.78, 5) is 25.0. The molecule has 1 aromatic rings. The van der Waals surface area contributed by atoms with Crippen LogP contribution in [0.15, 0.2) is 24.3 Å². The number of nitrogens with one attached hydrogen (secondary N) is 1. The third-order valence-corrected chi connectivity index (χ3v) is 4.20. The molecule has 1 saturated heterocycles. The van der Waals surface area contributed by atoms with E-state index in [0.29, 0.717) is 11.6 Å². The predicted octanol–water partition coefficient (Wildman–Crippen LogP) is 2.73. The number of carboxylic acids is 1. The Hall–Kier alpha value is -1.75. The lowest BCUT2D eigenvalue weighted by molar-refractivity contribution is -0.145. The lowest BCUT2D eigenvalue weighted by Gasteiger charge is -2.37. The zero-order chi connectivity index (χ0) is 15.4. The molecule has 2 amide bonds. The van der Waals surface area contributed by atoms with Crippen molar-refractivity contribution in [1.82, 2.24) is 10.2 Å². The van der Waals surface area contributed by atoms with E-state index in [9.17, 15) is 14.7 Å². The van der Waals surface area contributed by atoms with Crippen LogP contribution < -0.4 is 5.32 Å². The number of urea groups is 1. The van der Waals surface area contributed by atoms with Gasteiger partial charge in [-0.3, -0.25) is 0 Å². The fourth-order valence-corrected chi connectivity index (χ4v) is 2.91. The first-order valence-corrected chi connectivity index (χ1v) is 7.39. The highest BCUT2D eigenvalue weighted by Crippen LogP contribution is 2.23. The number of carbonyl (C=O) groups excluding carboxylic acids is 1. The molecule has 1 aliphatic heterocycles. The zero-order valence-electron chi connectivity index (χ0n) is 11.9. The molecule has 1 fully saturated rings. The number of aliphatic carboxylic acids is 1. The molecule has 0 saturated carbocycles. The molecule has 1 aliphatic rings. The summed E-state index contributed by atoms with van der Waals surface area (Å²) in [5, 5.41) is 12.7. The maximum absolute atomic E-state index is 12.3. The second kappa shape index (κ2) is 6.80. The standard InChI is InChI=1S/C15H19ClN2O3/c1-10-5-4-8-18(13(10)14(19)20)15(21)17-9-11-6-2-3-7-12(11)16/h2-3,6-7,10,13H,4-5,8-9H2,1H3,(H,17,21)(H,19,20). The maximum atomic E-state index is 12.3. The van der Waals surface area contributed by atoms with E-state index in [1.165, 1.54) is 4.90 Å². The Morgan fingerprint density at radius 2 is 2.14 bits per heavy atom. The van der Waals surface area contributed by atoms with E-state index in [2.05, 4.69) is 5.32 Å². The Kier molecular flexibility index (Phi) is 5.07. The smallest absolute Gasteiger partial charge is 0.326 e. The molecule has 2 unspecified atom stereocenters. The molecule has 0 bridgehead atoms. The molecular formula is C15H19ClN2O3. The molecule has 1 aromatic carbocycles. The quantitative estimate of drug-likeness (QED) is 0.902. The Labute approximate surface area is 128 Å². The van der Waals surface area contributed by atoms with Crippen molar-refractivity contribution in [2.24, 2.45) is 5.92 Å². The van der Waals surface area contributed by atoms with Crippen molar-refractivity contribution in [3.05, 3.63) is 34.9 Å². The van der Waals surface area contributed by atoms with Crippen LogP contribution in [0.2, 0.25) is 5.02 Å². The summed E-state index contributed by atoms with van der Waals surface area (Å²) in [6, 6.07) is 6.14. The van der Waals surface area contributed by atoms with Gasteiger partial charge >= 0.3 is 12.0 Å². The van der Waals surface area contributed by atoms with Crippen LogP contribution in [-0.2, 0) is 11.3 Å². The minimum atomic E-state index is -0.949. The molecule has 0 aliphatic carbocycles. The summed E-state index contributed by atoms with van der Waals surface area (Å²) in [5.41, 5.74) is 0.810. The number of piperidine rings is 1. The zero-order valence-corrected chi connectivity index (χ0v) is 12.6. The highest BCUT2D eigenvalue weighted by atomic mass is 35.5. The van der Waals surface area contributed by atoms with Gasteiger partial charge in [0.1, 0.15) is 6.04 Å². The monoisotopic (exact) mass is 310 g/mol. The van der Waals surface area contributed by atoms with Crippen LogP contribution in [0, 0.1) is 5.92 Å². The average Bonchev–Trinajstić information content (AvgIpc) is 2.45. The van der Waals surface area contributed by atoms with E-state index in [1.807, 2.05) is 25.1 Å². The summed E-state index contributed by atoms with van der Waals surface area (Å²) in [6.45, 7) is 2.62. The second-order valence-corrected chi connectivity index (χ2v) is 5.75. The minimum Gasteiger partial charge on any atom is -0.480 e.